The van der Waals surface area contributed by atoms with Gasteiger partial charge in [-0.1, -0.05) is 39.0 Å². The van der Waals surface area contributed by atoms with Crippen LogP contribution < -0.4 is 11.1 Å². The predicted molar refractivity (Wildman–Crippen MR) is 61.3 cm³/mol. The third-order valence-electron chi connectivity index (χ3n) is 2.49. The molecule has 0 radical (unpaired) electrons. The van der Waals surface area contributed by atoms with Crippen molar-refractivity contribution in [3.05, 3.63) is 0 Å². The van der Waals surface area contributed by atoms with Crippen LogP contribution in [0.15, 0.2) is 0 Å². The van der Waals surface area contributed by atoms with Crippen LogP contribution in [0.5, 0.6) is 0 Å². The molecular formula is C11H26N2O. The number of rotatable bonds is 10. The number of nitrogens with two attached hydrogens (primary N) is 1. The zero-order chi connectivity index (χ0) is 10.6. The minimum Gasteiger partial charge on any atom is -0.395 e. The summed E-state index contributed by atoms with van der Waals surface area (Å²) in [5.41, 5.74) is 5.61. The summed E-state index contributed by atoms with van der Waals surface area (Å²) in [6.07, 6.45) is 7.68. The lowest BCUT2D eigenvalue weighted by Crippen LogP contribution is -2.37. The van der Waals surface area contributed by atoms with Gasteiger partial charge in [0, 0.05) is 19.1 Å². The Morgan fingerprint density at radius 3 is 2.50 bits per heavy atom. The van der Waals surface area contributed by atoms with E-state index in [9.17, 15) is 0 Å². The molecule has 1 unspecified atom stereocenters. The zero-order valence-electron chi connectivity index (χ0n) is 9.47. The van der Waals surface area contributed by atoms with Crippen molar-refractivity contribution in [2.75, 3.05) is 19.7 Å². The van der Waals surface area contributed by atoms with Gasteiger partial charge in [-0.3, -0.25) is 0 Å². The molecular weight excluding hydrogens is 176 g/mol. The fourth-order valence-electron chi connectivity index (χ4n) is 1.57. The van der Waals surface area contributed by atoms with Gasteiger partial charge in [-0.15, -0.1) is 0 Å². The summed E-state index contributed by atoms with van der Waals surface area (Å²) in [5, 5.41) is 11.9. The molecule has 1 atom stereocenters. The highest BCUT2D eigenvalue weighted by Gasteiger charge is 2.03. The summed E-state index contributed by atoms with van der Waals surface area (Å²) in [7, 11) is 0. The molecule has 0 spiro atoms. The highest BCUT2D eigenvalue weighted by molar-refractivity contribution is 4.67. The molecule has 0 saturated heterocycles. The van der Waals surface area contributed by atoms with E-state index in [1.165, 1.54) is 32.1 Å². The molecule has 3 heteroatoms. The Labute approximate surface area is 88.1 Å². The Balaban J connectivity index is 3.24. The number of unbranched alkanes of at least 4 members (excludes halogenated alkanes) is 4. The smallest absolute Gasteiger partial charge is 0.0556 e. The number of aliphatic hydroxyl groups excluding tert-OH is 1. The van der Waals surface area contributed by atoms with E-state index in [-0.39, 0.29) is 6.61 Å². The molecule has 14 heavy (non-hydrogen) atoms. The van der Waals surface area contributed by atoms with Crippen LogP contribution in [-0.4, -0.2) is 30.8 Å². The second-order valence-electron chi connectivity index (χ2n) is 3.81. The monoisotopic (exact) mass is 202 g/mol. The molecule has 0 aromatic heterocycles. The summed E-state index contributed by atoms with van der Waals surface area (Å²) >= 11 is 0. The molecule has 4 N–H and O–H groups in total. The van der Waals surface area contributed by atoms with E-state index < -0.39 is 0 Å². The fraction of sp³-hybridized carbons (Fsp3) is 1.00. The van der Waals surface area contributed by atoms with Gasteiger partial charge in [0.1, 0.15) is 0 Å². The number of hydrogen-bond donors (Lipinski definition) is 3. The van der Waals surface area contributed by atoms with Crippen LogP contribution in [-0.2, 0) is 0 Å². The SMILES string of the molecule is CCCCCCCC(CN)NCCO. The van der Waals surface area contributed by atoms with E-state index in [2.05, 4.69) is 12.2 Å². The Bertz CT molecular complexity index is 109. The average molecular weight is 202 g/mol. The van der Waals surface area contributed by atoms with E-state index in [1.54, 1.807) is 0 Å². The van der Waals surface area contributed by atoms with Gasteiger partial charge < -0.3 is 16.2 Å². The van der Waals surface area contributed by atoms with Crippen LogP contribution in [0.2, 0.25) is 0 Å². The van der Waals surface area contributed by atoms with E-state index in [4.69, 9.17) is 10.8 Å². The summed E-state index contributed by atoms with van der Waals surface area (Å²) in [6.45, 7) is 3.77. The maximum absolute atomic E-state index is 8.65. The lowest BCUT2D eigenvalue weighted by molar-refractivity contribution is 0.281. The van der Waals surface area contributed by atoms with Gasteiger partial charge in [-0.25, -0.2) is 0 Å². The lowest BCUT2D eigenvalue weighted by Gasteiger charge is -2.15. The van der Waals surface area contributed by atoms with Crippen molar-refractivity contribution in [1.29, 1.82) is 0 Å². The van der Waals surface area contributed by atoms with Gasteiger partial charge in [0.05, 0.1) is 6.61 Å². The number of nitrogens with one attached hydrogen (secondary N) is 1. The van der Waals surface area contributed by atoms with Gasteiger partial charge in [0.2, 0.25) is 0 Å². The Hall–Kier alpha value is -0.120. The Morgan fingerprint density at radius 2 is 1.93 bits per heavy atom. The minimum atomic E-state index is 0.201. The standard InChI is InChI=1S/C11H26N2O/c1-2-3-4-5-6-7-11(10-12)13-8-9-14/h11,13-14H,2-10,12H2,1H3. The first-order valence-electron chi connectivity index (χ1n) is 5.89. The molecule has 0 amide bonds. The van der Waals surface area contributed by atoms with Crippen molar-refractivity contribution in [3.8, 4) is 0 Å². The quantitative estimate of drug-likeness (QED) is 0.467. The molecule has 86 valence electrons. The van der Waals surface area contributed by atoms with Crippen LogP contribution in [0, 0.1) is 0 Å². The maximum Gasteiger partial charge on any atom is 0.0556 e. The largest absolute Gasteiger partial charge is 0.395 e. The first-order valence-corrected chi connectivity index (χ1v) is 5.89. The van der Waals surface area contributed by atoms with Gasteiger partial charge in [0.25, 0.3) is 0 Å². The highest BCUT2D eigenvalue weighted by atomic mass is 16.3. The van der Waals surface area contributed by atoms with Crippen LogP contribution in [0.25, 0.3) is 0 Å². The van der Waals surface area contributed by atoms with Gasteiger partial charge in [-0.2, -0.15) is 0 Å². The molecule has 0 aromatic carbocycles. The molecule has 0 aromatic rings. The third-order valence-corrected chi connectivity index (χ3v) is 2.49. The van der Waals surface area contributed by atoms with Crippen LogP contribution >= 0.6 is 0 Å². The van der Waals surface area contributed by atoms with E-state index in [0.29, 0.717) is 19.1 Å². The Kier molecular flexibility index (Phi) is 10.9. The van der Waals surface area contributed by atoms with E-state index in [0.717, 1.165) is 6.42 Å². The van der Waals surface area contributed by atoms with Crippen molar-refractivity contribution < 1.29 is 5.11 Å². The third kappa shape index (κ3) is 8.48. The van der Waals surface area contributed by atoms with Gasteiger partial charge in [-0.05, 0) is 6.42 Å². The molecule has 0 saturated carbocycles. The maximum atomic E-state index is 8.65. The summed E-state index contributed by atoms with van der Waals surface area (Å²) in [5.74, 6) is 0. The summed E-state index contributed by atoms with van der Waals surface area (Å²) in [6, 6.07) is 0.392. The first-order chi connectivity index (χ1) is 6.85. The topological polar surface area (TPSA) is 58.3 Å². The number of aliphatic hydroxyl groups is 1. The van der Waals surface area contributed by atoms with Crippen LogP contribution in [0.3, 0.4) is 0 Å². The van der Waals surface area contributed by atoms with Crippen molar-refractivity contribution in [3.63, 3.8) is 0 Å². The molecule has 0 aliphatic heterocycles. The second-order valence-corrected chi connectivity index (χ2v) is 3.81. The molecule has 0 fully saturated rings. The summed E-state index contributed by atoms with van der Waals surface area (Å²) < 4.78 is 0. The Morgan fingerprint density at radius 1 is 1.21 bits per heavy atom. The molecule has 0 heterocycles. The van der Waals surface area contributed by atoms with Crippen molar-refractivity contribution >= 4 is 0 Å². The van der Waals surface area contributed by atoms with Gasteiger partial charge >= 0.3 is 0 Å². The van der Waals surface area contributed by atoms with Gasteiger partial charge in [0.15, 0.2) is 0 Å². The van der Waals surface area contributed by atoms with Crippen molar-refractivity contribution in [2.45, 2.75) is 51.5 Å². The average Bonchev–Trinajstić information content (AvgIpc) is 2.22. The molecule has 0 aliphatic rings. The van der Waals surface area contributed by atoms with Crippen LogP contribution in [0.1, 0.15) is 45.4 Å². The molecule has 0 rings (SSSR count). The van der Waals surface area contributed by atoms with Crippen molar-refractivity contribution in [1.82, 2.24) is 5.32 Å². The van der Waals surface area contributed by atoms with E-state index in [1.807, 2.05) is 0 Å². The summed E-state index contributed by atoms with van der Waals surface area (Å²) in [4.78, 5) is 0. The highest BCUT2D eigenvalue weighted by Crippen LogP contribution is 2.06. The molecule has 0 bridgehead atoms. The lowest BCUT2D eigenvalue weighted by atomic mass is 10.1. The molecule has 3 nitrogen and oxygen atoms in total. The molecule has 0 aliphatic carbocycles. The second kappa shape index (κ2) is 11.0. The zero-order valence-corrected chi connectivity index (χ0v) is 9.47. The van der Waals surface area contributed by atoms with Crippen LogP contribution in [0.4, 0.5) is 0 Å². The van der Waals surface area contributed by atoms with Crippen molar-refractivity contribution in [2.24, 2.45) is 5.73 Å². The number of hydrogen-bond acceptors (Lipinski definition) is 3. The van der Waals surface area contributed by atoms with E-state index >= 15 is 0 Å². The fourth-order valence-corrected chi connectivity index (χ4v) is 1.57. The first kappa shape index (κ1) is 13.9. The minimum absolute atomic E-state index is 0.201. The normalized spacial score (nSPS) is 13.1. The predicted octanol–water partition coefficient (Wildman–Crippen LogP) is 1.26.